The van der Waals surface area contributed by atoms with Crippen molar-refractivity contribution in [2.45, 2.75) is 20.8 Å². The van der Waals surface area contributed by atoms with Gasteiger partial charge in [0.05, 0.1) is 12.3 Å². The molecule has 0 radical (unpaired) electrons. The van der Waals surface area contributed by atoms with Gasteiger partial charge in [-0.15, -0.1) is 0 Å². The highest BCUT2D eigenvalue weighted by Crippen LogP contribution is 2.26. The highest BCUT2D eigenvalue weighted by Gasteiger charge is 2.36. The summed E-state index contributed by atoms with van der Waals surface area (Å²) in [6, 6.07) is 5.70. The number of nitrogens with zero attached hydrogens (tertiary/aromatic N) is 2. The molecule has 1 unspecified atom stereocenters. The molecule has 2 rings (SSSR count). The molecule has 1 aromatic carbocycles. The summed E-state index contributed by atoms with van der Waals surface area (Å²) < 4.78 is 4.85. The third kappa shape index (κ3) is 2.50. The first kappa shape index (κ1) is 13.3. The summed E-state index contributed by atoms with van der Waals surface area (Å²) in [5, 5.41) is 5.28. The minimum absolute atomic E-state index is 0.250. The van der Waals surface area contributed by atoms with E-state index in [0.29, 0.717) is 5.69 Å². The monoisotopic (exact) mass is 260 g/mol. The molecule has 19 heavy (non-hydrogen) atoms. The van der Waals surface area contributed by atoms with Crippen LogP contribution in [0.3, 0.4) is 0 Å². The fourth-order valence-corrected chi connectivity index (χ4v) is 2.00. The maximum atomic E-state index is 12.2. The van der Waals surface area contributed by atoms with Gasteiger partial charge in [0.25, 0.3) is 5.91 Å². The Hall–Kier alpha value is -2.17. The molecule has 0 saturated carbocycles. The summed E-state index contributed by atoms with van der Waals surface area (Å²) in [5.41, 5.74) is 2.74. The Labute approximate surface area is 111 Å². The van der Waals surface area contributed by atoms with E-state index in [9.17, 15) is 9.59 Å². The highest BCUT2D eigenvalue weighted by molar-refractivity contribution is 6.20. The molecule has 0 N–H and O–H groups in total. The molecule has 1 atom stereocenters. The van der Waals surface area contributed by atoms with E-state index in [1.807, 2.05) is 32.0 Å². The van der Waals surface area contributed by atoms with E-state index in [-0.39, 0.29) is 12.5 Å². The van der Waals surface area contributed by atoms with Gasteiger partial charge in [0.15, 0.2) is 5.92 Å². The number of hydrogen-bond acceptors (Lipinski definition) is 4. The van der Waals surface area contributed by atoms with Gasteiger partial charge in [0.1, 0.15) is 0 Å². The molecule has 1 amide bonds. The van der Waals surface area contributed by atoms with Gasteiger partial charge in [-0.2, -0.15) is 10.1 Å². The molecule has 1 aliphatic heterocycles. The first-order valence-electron chi connectivity index (χ1n) is 6.16. The van der Waals surface area contributed by atoms with Gasteiger partial charge in [-0.3, -0.25) is 9.59 Å². The molecule has 5 heteroatoms. The van der Waals surface area contributed by atoms with Gasteiger partial charge in [-0.05, 0) is 32.4 Å². The van der Waals surface area contributed by atoms with Crippen molar-refractivity contribution in [1.82, 2.24) is 0 Å². The van der Waals surface area contributed by atoms with Crippen molar-refractivity contribution in [3.63, 3.8) is 0 Å². The van der Waals surface area contributed by atoms with Crippen molar-refractivity contribution in [1.29, 1.82) is 0 Å². The average molecular weight is 260 g/mol. The lowest BCUT2D eigenvalue weighted by atomic mass is 10.1. The summed E-state index contributed by atoms with van der Waals surface area (Å²) in [6.45, 7) is 5.84. The number of esters is 1. The molecular weight excluding hydrogens is 244 g/mol. The van der Waals surface area contributed by atoms with E-state index in [4.69, 9.17) is 4.74 Å². The summed E-state index contributed by atoms with van der Waals surface area (Å²) in [7, 11) is 0. The van der Waals surface area contributed by atoms with E-state index in [2.05, 4.69) is 5.10 Å². The number of hydrazone groups is 1. The topological polar surface area (TPSA) is 59.0 Å². The van der Waals surface area contributed by atoms with Crippen molar-refractivity contribution < 1.29 is 14.3 Å². The third-order valence-electron chi connectivity index (χ3n) is 2.93. The molecule has 0 saturated heterocycles. The standard InChI is InChI=1S/C14H16N2O3/c1-4-19-14(18)11-8-15-16(13(11)17)12-6-5-9(2)7-10(12)3/h5-8,11H,4H2,1-3H3. The van der Waals surface area contributed by atoms with E-state index in [1.54, 1.807) is 6.92 Å². The number of rotatable bonds is 3. The average Bonchev–Trinajstić information content (AvgIpc) is 2.72. The van der Waals surface area contributed by atoms with Gasteiger partial charge >= 0.3 is 5.97 Å². The second-order valence-corrected chi connectivity index (χ2v) is 4.43. The molecule has 0 aromatic heterocycles. The predicted octanol–water partition coefficient (Wildman–Crippen LogP) is 1.82. The lowest BCUT2D eigenvalue weighted by Crippen LogP contribution is -2.32. The van der Waals surface area contributed by atoms with Crippen LogP contribution in [-0.4, -0.2) is 24.7 Å². The van der Waals surface area contributed by atoms with Crippen LogP contribution in [0.15, 0.2) is 23.3 Å². The second kappa shape index (κ2) is 5.22. The SMILES string of the molecule is CCOC(=O)C1C=NN(c2ccc(C)cc2C)C1=O. The highest BCUT2D eigenvalue weighted by atomic mass is 16.5. The Bertz CT molecular complexity index is 552. The zero-order valence-electron chi connectivity index (χ0n) is 11.2. The fraction of sp³-hybridized carbons (Fsp3) is 0.357. The summed E-state index contributed by atoms with van der Waals surface area (Å²) >= 11 is 0. The first-order valence-corrected chi connectivity index (χ1v) is 6.16. The molecular formula is C14H16N2O3. The lowest BCUT2D eigenvalue weighted by Gasteiger charge is -2.16. The number of benzene rings is 1. The Morgan fingerprint density at radius 1 is 1.42 bits per heavy atom. The summed E-state index contributed by atoms with van der Waals surface area (Å²) in [5.74, 6) is -1.85. The molecule has 0 fully saturated rings. The minimum Gasteiger partial charge on any atom is -0.465 e. The van der Waals surface area contributed by atoms with Crippen LogP contribution in [0.4, 0.5) is 5.69 Å². The van der Waals surface area contributed by atoms with Gasteiger partial charge < -0.3 is 4.74 Å². The zero-order valence-corrected chi connectivity index (χ0v) is 11.2. The van der Waals surface area contributed by atoms with Gasteiger partial charge in [0.2, 0.25) is 0 Å². The van der Waals surface area contributed by atoms with E-state index in [1.165, 1.54) is 11.2 Å². The molecule has 1 heterocycles. The Morgan fingerprint density at radius 2 is 2.16 bits per heavy atom. The Kier molecular flexibility index (Phi) is 3.64. The van der Waals surface area contributed by atoms with Crippen LogP contribution in [0.2, 0.25) is 0 Å². The van der Waals surface area contributed by atoms with Crippen molar-refractivity contribution in [2.75, 3.05) is 11.6 Å². The molecule has 1 aliphatic rings. The van der Waals surface area contributed by atoms with Gasteiger partial charge in [-0.25, -0.2) is 0 Å². The van der Waals surface area contributed by atoms with Gasteiger partial charge in [-0.1, -0.05) is 17.7 Å². The zero-order chi connectivity index (χ0) is 14.0. The predicted molar refractivity (Wildman–Crippen MR) is 72.0 cm³/mol. The largest absolute Gasteiger partial charge is 0.465 e. The van der Waals surface area contributed by atoms with Crippen LogP contribution >= 0.6 is 0 Å². The van der Waals surface area contributed by atoms with Crippen LogP contribution in [0.1, 0.15) is 18.1 Å². The summed E-state index contributed by atoms with van der Waals surface area (Å²) in [6.07, 6.45) is 1.33. The first-order chi connectivity index (χ1) is 9.04. The van der Waals surface area contributed by atoms with Crippen LogP contribution in [-0.2, 0) is 14.3 Å². The van der Waals surface area contributed by atoms with Crippen molar-refractivity contribution in [3.05, 3.63) is 29.3 Å². The number of anilines is 1. The van der Waals surface area contributed by atoms with Crippen LogP contribution < -0.4 is 5.01 Å². The van der Waals surface area contributed by atoms with Crippen LogP contribution in [0.5, 0.6) is 0 Å². The van der Waals surface area contributed by atoms with Gasteiger partial charge in [0, 0.05) is 6.21 Å². The fourth-order valence-electron chi connectivity index (χ4n) is 2.00. The molecule has 1 aromatic rings. The van der Waals surface area contributed by atoms with E-state index >= 15 is 0 Å². The Morgan fingerprint density at radius 3 is 2.79 bits per heavy atom. The van der Waals surface area contributed by atoms with Crippen molar-refractivity contribution in [2.24, 2.45) is 11.0 Å². The molecule has 0 spiro atoms. The lowest BCUT2D eigenvalue weighted by molar-refractivity contribution is -0.147. The number of carbonyl (C=O) groups is 2. The molecule has 100 valence electrons. The van der Waals surface area contributed by atoms with E-state index < -0.39 is 11.9 Å². The molecule has 0 aliphatic carbocycles. The molecule has 0 bridgehead atoms. The maximum Gasteiger partial charge on any atom is 0.324 e. The third-order valence-corrected chi connectivity index (χ3v) is 2.93. The second-order valence-electron chi connectivity index (χ2n) is 4.43. The van der Waals surface area contributed by atoms with Crippen molar-refractivity contribution >= 4 is 23.8 Å². The number of hydrogen-bond donors (Lipinski definition) is 0. The van der Waals surface area contributed by atoms with Crippen molar-refractivity contribution in [3.8, 4) is 0 Å². The number of amides is 1. The minimum atomic E-state index is -0.930. The quantitative estimate of drug-likeness (QED) is 0.615. The summed E-state index contributed by atoms with van der Waals surface area (Å²) in [4.78, 5) is 23.8. The number of aryl methyl sites for hydroxylation is 2. The normalized spacial score (nSPS) is 17.9. The van der Waals surface area contributed by atoms with Crippen LogP contribution in [0.25, 0.3) is 0 Å². The van der Waals surface area contributed by atoms with E-state index in [0.717, 1.165) is 11.1 Å². The maximum absolute atomic E-state index is 12.2. The number of ether oxygens (including phenoxy) is 1. The van der Waals surface area contributed by atoms with Crippen LogP contribution in [0, 0.1) is 19.8 Å². The number of carbonyl (C=O) groups excluding carboxylic acids is 2. The molecule has 5 nitrogen and oxygen atoms in total. The Balaban J connectivity index is 2.23. The smallest absolute Gasteiger partial charge is 0.324 e.